The van der Waals surface area contributed by atoms with E-state index in [-0.39, 0.29) is 17.5 Å². The van der Waals surface area contributed by atoms with Gasteiger partial charge in [0.25, 0.3) is 5.91 Å². The first-order valence-corrected chi connectivity index (χ1v) is 9.32. The maximum absolute atomic E-state index is 12.2. The molecule has 1 saturated carbocycles. The second-order valence-electron chi connectivity index (χ2n) is 6.50. The van der Waals surface area contributed by atoms with Gasteiger partial charge < -0.3 is 15.5 Å². The van der Waals surface area contributed by atoms with Crippen molar-refractivity contribution in [2.24, 2.45) is 0 Å². The lowest BCUT2D eigenvalue weighted by Gasteiger charge is -2.22. The van der Waals surface area contributed by atoms with E-state index in [1.165, 1.54) is 17.5 Å². The van der Waals surface area contributed by atoms with Crippen LogP contribution in [0.2, 0.25) is 0 Å². The zero-order chi connectivity index (χ0) is 16.9. The molecule has 1 fully saturated rings. The Hall–Kier alpha value is -1.91. The van der Waals surface area contributed by atoms with Crippen molar-refractivity contribution in [3.63, 3.8) is 0 Å². The highest BCUT2D eigenvalue weighted by atomic mass is 32.1. The number of rotatable bonds is 4. The Morgan fingerprint density at radius 3 is 2.96 bits per heavy atom. The molecule has 0 radical (unpaired) electrons. The van der Waals surface area contributed by atoms with E-state index >= 15 is 0 Å². The molecule has 0 aromatic carbocycles. The number of thiazole rings is 1. The molecular weight excluding hydrogens is 322 g/mol. The SMILES string of the molecule is CN1CCc2nc(N/C=C(/C#N)C(=O)NC3CCCCC3)sc2C1. The fraction of sp³-hybridized carbons (Fsp3) is 0.588. The van der Waals surface area contributed by atoms with Crippen molar-refractivity contribution in [3.8, 4) is 6.07 Å². The maximum atomic E-state index is 12.2. The molecule has 2 heterocycles. The Labute approximate surface area is 146 Å². The Morgan fingerprint density at radius 1 is 1.42 bits per heavy atom. The van der Waals surface area contributed by atoms with Gasteiger partial charge in [-0.15, -0.1) is 11.3 Å². The Balaban J connectivity index is 1.61. The van der Waals surface area contributed by atoms with Crippen LogP contribution < -0.4 is 10.6 Å². The number of carbonyl (C=O) groups excluding carboxylic acids is 1. The van der Waals surface area contributed by atoms with E-state index in [2.05, 4.69) is 27.6 Å². The van der Waals surface area contributed by atoms with Gasteiger partial charge in [0.05, 0.1) is 5.69 Å². The molecule has 1 aromatic heterocycles. The van der Waals surface area contributed by atoms with Gasteiger partial charge in [-0.25, -0.2) is 4.98 Å². The van der Waals surface area contributed by atoms with Crippen LogP contribution in [0.5, 0.6) is 0 Å². The summed E-state index contributed by atoms with van der Waals surface area (Å²) in [6.45, 7) is 1.92. The minimum Gasteiger partial charge on any atom is -0.349 e. The van der Waals surface area contributed by atoms with Crippen molar-refractivity contribution in [1.29, 1.82) is 5.26 Å². The van der Waals surface area contributed by atoms with Crippen LogP contribution in [0.25, 0.3) is 0 Å². The number of hydrogen-bond donors (Lipinski definition) is 2. The highest BCUT2D eigenvalue weighted by molar-refractivity contribution is 7.15. The van der Waals surface area contributed by atoms with E-state index in [1.807, 2.05) is 6.07 Å². The quantitative estimate of drug-likeness (QED) is 0.647. The van der Waals surface area contributed by atoms with Gasteiger partial charge in [0, 0.05) is 36.6 Å². The second kappa shape index (κ2) is 7.77. The number of anilines is 1. The van der Waals surface area contributed by atoms with Gasteiger partial charge in [0.2, 0.25) is 0 Å². The molecule has 1 aliphatic carbocycles. The number of nitrogens with zero attached hydrogens (tertiary/aromatic N) is 3. The topological polar surface area (TPSA) is 81.1 Å². The zero-order valence-electron chi connectivity index (χ0n) is 14.0. The smallest absolute Gasteiger partial charge is 0.263 e. The Morgan fingerprint density at radius 2 is 2.21 bits per heavy atom. The Bertz CT molecular complexity index is 669. The summed E-state index contributed by atoms with van der Waals surface area (Å²) < 4.78 is 0. The number of amides is 1. The summed E-state index contributed by atoms with van der Waals surface area (Å²) in [5.41, 5.74) is 1.23. The summed E-state index contributed by atoms with van der Waals surface area (Å²) in [5.74, 6) is -0.294. The molecule has 7 heteroatoms. The molecular formula is C17H23N5OS. The van der Waals surface area contributed by atoms with Crippen molar-refractivity contribution in [2.75, 3.05) is 18.9 Å². The van der Waals surface area contributed by atoms with Gasteiger partial charge in [0.15, 0.2) is 5.13 Å². The molecule has 128 valence electrons. The molecule has 2 aliphatic rings. The fourth-order valence-electron chi connectivity index (χ4n) is 3.18. The van der Waals surface area contributed by atoms with Crippen LogP contribution in [0.15, 0.2) is 11.8 Å². The van der Waals surface area contributed by atoms with E-state index in [1.54, 1.807) is 11.3 Å². The lowest BCUT2D eigenvalue weighted by atomic mass is 9.95. The van der Waals surface area contributed by atoms with E-state index in [4.69, 9.17) is 0 Å². The molecule has 0 saturated heterocycles. The fourth-order valence-corrected chi connectivity index (χ4v) is 4.24. The maximum Gasteiger partial charge on any atom is 0.263 e. The summed E-state index contributed by atoms with van der Waals surface area (Å²) in [7, 11) is 2.10. The van der Waals surface area contributed by atoms with Crippen LogP contribution >= 0.6 is 11.3 Å². The van der Waals surface area contributed by atoms with Crippen molar-refractivity contribution in [2.45, 2.75) is 51.1 Å². The standard InChI is InChI=1S/C17H23N5OS/c1-22-8-7-14-15(11-22)24-17(21-14)19-10-12(9-18)16(23)20-13-5-3-2-4-6-13/h10,13H,2-8,11H2,1H3,(H,19,21)(H,20,23)/b12-10-. The van der Waals surface area contributed by atoms with Gasteiger partial charge in [-0.1, -0.05) is 19.3 Å². The average Bonchev–Trinajstić information content (AvgIpc) is 2.98. The van der Waals surface area contributed by atoms with Crippen LogP contribution in [-0.4, -0.2) is 35.4 Å². The number of aromatic nitrogens is 1. The lowest BCUT2D eigenvalue weighted by molar-refractivity contribution is -0.118. The van der Waals surface area contributed by atoms with Gasteiger partial charge in [-0.05, 0) is 19.9 Å². The van der Waals surface area contributed by atoms with E-state index in [9.17, 15) is 10.1 Å². The first-order valence-electron chi connectivity index (χ1n) is 8.50. The van der Waals surface area contributed by atoms with Gasteiger partial charge in [0.1, 0.15) is 11.6 Å². The molecule has 2 N–H and O–H groups in total. The Kier molecular flexibility index (Phi) is 5.48. The summed E-state index contributed by atoms with van der Waals surface area (Å²) in [4.78, 5) is 20.3. The largest absolute Gasteiger partial charge is 0.349 e. The summed E-state index contributed by atoms with van der Waals surface area (Å²) in [5, 5.41) is 16.0. The molecule has 0 spiro atoms. The first-order chi connectivity index (χ1) is 11.7. The normalized spacial score (nSPS) is 19.4. The molecule has 1 aliphatic heterocycles. The number of likely N-dealkylation sites (N-methyl/N-ethyl adjacent to an activating group) is 1. The predicted molar refractivity (Wildman–Crippen MR) is 94.5 cm³/mol. The molecule has 24 heavy (non-hydrogen) atoms. The third-order valence-corrected chi connectivity index (χ3v) is 5.58. The molecule has 3 rings (SSSR count). The highest BCUT2D eigenvalue weighted by Gasteiger charge is 2.20. The van der Waals surface area contributed by atoms with E-state index in [0.717, 1.165) is 56.0 Å². The minimum absolute atomic E-state index is 0.103. The lowest BCUT2D eigenvalue weighted by Crippen LogP contribution is -2.37. The van der Waals surface area contributed by atoms with Crippen LogP contribution in [0.3, 0.4) is 0 Å². The predicted octanol–water partition coefficient (Wildman–Crippen LogP) is 2.40. The number of nitriles is 1. The molecule has 6 nitrogen and oxygen atoms in total. The van der Waals surface area contributed by atoms with Crippen LogP contribution in [0.1, 0.15) is 42.7 Å². The molecule has 0 bridgehead atoms. The molecule has 1 amide bonds. The number of hydrogen-bond acceptors (Lipinski definition) is 6. The van der Waals surface area contributed by atoms with Crippen molar-refractivity contribution < 1.29 is 4.79 Å². The van der Waals surface area contributed by atoms with Gasteiger partial charge in [-0.3, -0.25) is 4.79 Å². The summed E-state index contributed by atoms with van der Waals surface area (Å²) in [6.07, 6.45) is 7.96. The van der Waals surface area contributed by atoms with Crippen molar-refractivity contribution >= 4 is 22.4 Å². The van der Waals surface area contributed by atoms with Crippen LogP contribution in [-0.2, 0) is 17.8 Å². The third-order valence-electron chi connectivity index (χ3n) is 4.57. The van der Waals surface area contributed by atoms with Crippen LogP contribution in [0.4, 0.5) is 5.13 Å². The third kappa shape index (κ3) is 4.13. The number of fused-ring (bicyclic) bond motifs is 1. The molecule has 0 unspecified atom stereocenters. The first kappa shape index (κ1) is 16.9. The second-order valence-corrected chi connectivity index (χ2v) is 7.58. The summed E-state index contributed by atoms with van der Waals surface area (Å²) in [6, 6.07) is 2.19. The van der Waals surface area contributed by atoms with Gasteiger partial charge >= 0.3 is 0 Å². The molecule has 0 atom stereocenters. The van der Waals surface area contributed by atoms with E-state index in [0.29, 0.717) is 0 Å². The van der Waals surface area contributed by atoms with E-state index < -0.39 is 0 Å². The van der Waals surface area contributed by atoms with Crippen LogP contribution in [0, 0.1) is 11.3 Å². The molecule has 1 aromatic rings. The number of carbonyl (C=O) groups is 1. The van der Waals surface area contributed by atoms with Crippen molar-refractivity contribution in [3.05, 3.63) is 22.3 Å². The number of nitrogens with one attached hydrogen (secondary N) is 2. The monoisotopic (exact) mass is 345 g/mol. The zero-order valence-corrected chi connectivity index (χ0v) is 14.8. The summed E-state index contributed by atoms with van der Waals surface area (Å²) >= 11 is 1.59. The average molecular weight is 345 g/mol. The van der Waals surface area contributed by atoms with Crippen molar-refractivity contribution in [1.82, 2.24) is 15.2 Å². The van der Waals surface area contributed by atoms with Gasteiger partial charge in [-0.2, -0.15) is 5.26 Å². The minimum atomic E-state index is -0.294. The highest BCUT2D eigenvalue weighted by Crippen LogP contribution is 2.27.